The maximum atomic E-state index is 12.8. The van der Waals surface area contributed by atoms with Gasteiger partial charge < -0.3 is 10.1 Å². The molecule has 5 rings (SSSR count). The van der Waals surface area contributed by atoms with E-state index in [-0.39, 0.29) is 44.5 Å². The van der Waals surface area contributed by atoms with Crippen LogP contribution in [-0.4, -0.2) is 24.5 Å². The van der Waals surface area contributed by atoms with Crippen LogP contribution in [0.2, 0.25) is 0 Å². The normalized spacial score (nSPS) is 50.8. The lowest BCUT2D eigenvalue weighted by atomic mass is 9.35. The van der Waals surface area contributed by atoms with Crippen LogP contribution in [0.3, 0.4) is 0 Å². The Morgan fingerprint density at radius 2 is 1.63 bits per heavy atom. The quantitative estimate of drug-likeness (QED) is 0.328. The van der Waals surface area contributed by atoms with Crippen LogP contribution in [0.25, 0.3) is 0 Å². The van der Waals surface area contributed by atoms with Crippen LogP contribution in [-0.2, 0) is 14.3 Å². The van der Waals surface area contributed by atoms with E-state index in [9.17, 15) is 9.59 Å². The monoisotopic (exact) mass is 483 g/mol. The summed E-state index contributed by atoms with van der Waals surface area (Å²) in [5.41, 5.74) is 1.91. The van der Waals surface area contributed by atoms with Crippen LogP contribution in [0, 0.1) is 44.8 Å². The van der Waals surface area contributed by atoms with Crippen LogP contribution < -0.4 is 5.32 Å². The maximum absolute atomic E-state index is 12.8. The summed E-state index contributed by atoms with van der Waals surface area (Å²) in [6.45, 7) is 16.8. The van der Waals surface area contributed by atoms with Crippen molar-refractivity contribution >= 4 is 11.9 Å². The highest BCUT2D eigenvalue weighted by atomic mass is 16.5. The predicted octanol–water partition coefficient (Wildman–Crippen LogP) is 6.83. The molecule has 4 nitrogen and oxygen atoms in total. The molecular weight excluding hydrogens is 434 g/mol. The Hall–Kier alpha value is -1.32. The largest absolute Gasteiger partial charge is 0.469 e. The molecule has 4 fully saturated rings. The van der Waals surface area contributed by atoms with E-state index in [1.807, 2.05) is 0 Å². The number of hydrogen-bond acceptors (Lipinski definition) is 3. The third kappa shape index (κ3) is 3.29. The summed E-state index contributed by atoms with van der Waals surface area (Å²) in [4.78, 5) is 25.5. The number of hydrogen-bond donors (Lipinski definition) is 1. The summed E-state index contributed by atoms with van der Waals surface area (Å²) in [6.07, 6.45) is 13.3. The minimum Gasteiger partial charge on any atom is -0.469 e. The highest BCUT2D eigenvalue weighted by Crippen LogP contribution is 2.74. The Balaban J connectivity index is 1.57. The molecule has 1 saturated heterocycles. The summed E-state index contributed by atoms with van der Waals surface area (Å²) >= 11 is 0. The Morgan fingerprint density at radius 1 is 0.943 bits per heavy atom. The molecule has 0 aromatic heterocycles. The number of ether oxygens (including phenoxy) is 1. The Labute approximate surface area is 213 Å². The van der Waals surface area contributed by atoms with Gasteiger partial charge in [-0.1, -0.05) is 39.3 Å². The molecule has 35 heavy (non-hydrogen) atoms. The van der Waals surface area contributed by atoms with Gasteiger partial charge in [0.15, 0.2) is 0 Å². The average Bonchev–Trinajstić information content (AvgIpc) is 2.87. The molecule has 0 unspecified atom stereocenters. The molecule has 0 aromatic carbocycles. The first-order valence-corrected chi connectivity index (χ1v) is 14.3. The second-order valence-electron chi connectivity index (χ2n) is 15.0. The van der Waals surface area contributed by atoms with Gasteiger partial charge in [0.25, 0.3) is 0 Å². The van der Waals surface area contributed by atoms with Crippen molar-refractivity contribution in [3.63, 3.8) is 0 Å². The highest BCUT2D eigenvalue weighted by molar-refractivity contribution is 5.77. The van der Waals surface area contributed by atoms with Crippen molar-refractivity contribution in [2.24, 2.45) is 44.8 Å². The molecule has 0 bridgehead atoms. The molecule has 8 atom stereocenters. The number of rotatable bonds is 1. The second-order valence-corrected chi connectivity index (χ2v) is 15.0. The molecule has 4 heteroatoms. The molecule has 3 saturated carbocycles. The Morgan fingerprint density at radius 3 is 2.31 bits per heavy atom. The van der Waals surface area contributed by atoms with Gasteiger partial charge in [-0.05, 0) is 118 Å². The summed E-state index contributed by atoms with van der Waals surface area (Å²) in [5.74, 6) is 1.73. The van der Waals surface area contributed by atoms with Gasteiger partial charge in [-0.2, -0.15) is 0 Å². The summed E-state index contributed by atoms with van der Waals surface area (Å²) in [5, 5.41) is 3.39. The fourth-order valence-corrected chi connectivity index (χ4v) is 10.6. The van der Waals surface area contributed by atoms with Gasteiger partial charge >= 0.3 is 5.97 Å². The molecular formula is C31H49NO3. The van der Waals surface area contributed by atoms with Gasteiger partial charge in [-0.25, -0.2) is 0 Å². The number of carbonyl (C=O) groups excluding carboxylic acids is 2. The van der Waals surface area contributed by atoms with E-state index in [2.05, 4.69) is 59.9 Å². The predicted molar refractivity (Wildman–Crippen MR) is 139 cm³/mol. The van der Waals surface area contributed by atoms with Crippen LogP contribution in [0.5, 0.6) is 0 Å². The van der Waals surface area contributed by atoms with E-state index < -0.39 is 0 Å². The molecule has 0 radical (unpaired) electrons. The van der Waals surface area contributed by atoms with Crippen molar-refractivity contribution in [2.75, 3.05) is 7.11 Å². The number of esters is 1. The van der Waals surface area contributed by atoms with Crippen LogP contribution in [0.4, 0.5) is 0 Å². The van der Waals surface area contributed by atoms with Crippen molar-refractivity contribution in [1.29, 1.82) is 0 Å². The molecule has 0 spiro atoms. The van der Waals surface area contributed by atoms with Crippen molar-refractivity contribution in [3.8, 4) is 0 Å². The summed E-state index contributed by atoms with van der Waals surface area (Å²) < 4.78 is 5.29. The zero-order valence-electron chi connectivity index (χ0n) is 23.6. The molecule has 4 aliphatic carbocycles. The molecule has 1 heterocycles. The van der Waals surface area contributed by atoms with E-state index in [1.165, 1.54) is 25.7 Å². The SMILES string of the molecule is COC(=O)[C@@]1(C)CC[C@]2(C)CC[C@]3(C)C(=CC[C@@H]4[C@@]5(C)CCC(=O)NC(C)(C)[C@@H]5CC[C@]43C)[C@@H]2C1. The van der Waals surface area contributed by atoms with Crippen molar-refractivity contribution in [2.45, 2.75) is 118 Å². The maximum Gasteiger partial charge on any atom is 0.311 e. The molecule has 1 amide bonds. The molecule has 5 aliphatic rings. The van der Waals surface area contributed by atoms with E-state index in [0.29, 0.717) is 24.2 Å². The Kier molecular flexibility index (Phi) is 5.50. The van der Waals surface area contributed by atoms with Crippen molar-refractivity contribution in [3.05, 3.63) is 11.6 Å². The fraction of sp³-hybridized carbons (Fsp3) is 0.871. The lowest BCUT2D eigenvalue weighted by Crippen LogP contribution is -2.64. The fourth-order valence-electron chi connectivity index (χ4n) is 10.6. The molecule has 0 aromatic rings. The second kappa shape index (κ2) is 7.60. The van der Waals surface area contributed by atoms with Crippen LogP contribution in [0.1, 0.15) is 113 Å². The van der Waals surface area contributed by atoms with Gasteiger partial charge in [0.05, 0.1) is 12.5 Å². The summed E-state index contributed by atoms with van der Waals surface area (Å²) in [7, 11) is 1.55. The number of carbonyl (C=O) groups is 2. The standard InChI is InChI=1S/C31H49NO3/c1-26(2)22-11-14-31(7)23(29(22,5)13-12-24(33)32-26)10-9-20-21-19-28(4,25(34)35-8)16-15-27(21,3)17-18-30(20,31)6/h9,21-23H,10-19H2,1-8H3,(H,32,33)/t21-,22-,23+,27+,28-,29-,30+,31+/m0/s1. The van der Waals surface area contributed by atoms with Gasteiger partial charge in [0.1, 0.15) is 0 Å². The van der Waals surface area contributed by atoms with E-state index >= 15 is 0 Å². The zero-order valence-corrected chi connectivity index (χ0v) is 23.6. The number of methoxy groups -OCH3 is 1. The van der Waals surface area contributed by atoms with E-state index in [4.69, 9.17) is 4.74 Å². The smallest absolute Gasteiger partial charge is 0.311 e. The minimum atomic E-state index is -0.378. The highest BCUT2D eigenvalue weighted by Gasteiger charge is 2.67. The zero-order chi connectivity index (χ0) is 25.7. The number of nitrogens with one attached hydrogen (secondary N) is 1. The number of allylic oxidation sites excluding steroid dienone is 2. The van der Waals surface area contributed by atoms with E-state index in [0.717, 1.165) is 32.1 Å². The Bertz CT molecular complexity index is 968. The van der Waals surface area contributed by atoms with Crippen LogP contribution in [0.15, 0.2) is 11.6 Å². The summed E-state index contributed by atoms with van der Waals surface area (Å²) in [6, 6.07) is 0. The average molecular weight is 484 g/mol. The van der Waals surface area contributed by atoms with Gasteiger partial charge in [0.2, 0.25) is 5.91 Å². The minimum absolute atomic E-state index is 0.0294. The molecule has 1 N–H and O–H groups in total. The first-order valence-electron chi connectivity index (χ1n) is 14.3. The molecule has 196 valence electrons. The lowest BCUT2D eigenvalue weighted by molar-refractivity contribution is -0.166. The van der Waals surface area contributed by atoms with Crippen LogP contribution >= 0.6 is 0 Å². The van der Waals surface area contributed by atoms with Crippen molar-refractivity contribution < 1.29 is 14.3 Å². The van der Waals surface area contributed by atoms with E-state index in [1.54, 1.807) is 12.7 Å². The van der Waals surface area contributed by atoms with Gasteiger partial charge in [-0.15, -0.1) is 0 Å². The van der Waals surface area contributed by atoms with Gasteiger partial charge in [0, 0.05) is 12.0 Å². The van der Waals surface area contributed by atoms with Gasteiger partial charge in [-0.3, -0.25) is 9.59 Å². The third-order valence-electron chi connectivity index (χ3n) is 13.0. The van der Waals surface area contributed by atoms with Crippen molar-refractivity contribution in [1.82, 2.24) is 5.32 Å². The topological polar surface area (TPSA) is 55.4 Å². The lowest BCUT2D eigenvalue weighted by Gasteiger charge is -2.69. The first kappa shape index (κ1) is 25.3. The molecule has 1 aliphatic heterocycles. The number of amides is 1. The number of fused-ring (bicyclic) bond motifs is 7. The first-order chi connectivity index (χ1) is 16.2. The third-order valence-corrected chi connectivity index (χ3v) is 13.0.